The van der Waals surface area contributed by atoms with Crippen molar-refractivity contribution in [2.24, 2.45) is 29.6 Å². The molecule has 2 saturated heterocycles. The van der Waals surface area contributed by atoms with E-state index in [1.54, 1.807) is 0 Å². The molecule has 2 aliphatic carbocycles. The zero-order chi connectivity index (χ0) is 32.8. The number of benzene rings is 2. The molecule has 6 rings (SSSR count). The number of imide groups is 2. The minimum absolute atomic E-state index is 0.0344. The Morgan fingerprint density at radius 3 is 1.70 bits per heavy atom. The molecule has 8 nitrogen and oxygen atoms in total. The van der Waals surface area contributed by atoms with Gasteiger partial charge in [0, 0.05) is 11.8 Å². The number of allylic oxidation sites excluding steroid dienone is 2. The maximum absolute atomic E-state index is 13.0. The van der Waals surface area contributed by atoms with Crippen LogP contribution in [0.3, 0.4) is 0 Å². The molecular weight excluding hydrogens is 580 g/mol. The number of nitrogens with zero attached hydrogens (tertiary/aromatic N) is 2. The average molecular weight is 629 g/mol. The maximum Gasteiger partial charge on any atom is 0.416 e. The second kappa shape index (κ2) is 15.1. The molecule has 46 heavy (non-hydrogen) atoms. The Labute approximate surface area is 273 Å². The van der Waals surface area contributed by atoms with E-state index in [0.717, 1.165) is 36.8 Å². The largest absolute Gasteiger partial charge is 0.447 e. The first kappa shape index (κ1) is 33.4. The maximum atomic E-state index is 13.0. The van der Waals surface area contributed by atoms with Gasteiger partial charge in [-0.3, -0.25) is 9.59 Å². The van der Waals surface area contributed by atoms with Gasteiger partial charge < -0.3 is 9.47 Å². The van der Waals surface area contributed by atoms with Gasteiger partial charge in [0.2, 0.25) is 11.8 Å². The number of amides is 4. The van der Waals surface area contributed by atoms with Crippen LogP contribution in [0.15, 0.2) is 72.3 Å². The third-order valence-corrected chi connectivity index (χ3v) is 10.1. The fourth-order valence-corrected chi connectivity index (χ4v) is 7.56. The number of carbonyl (C=O) groups excluding carboxylic acids is 4. The van der Waals surface area contributed by atoms with Crippen LogP contribution >= 0.6 is 0 Å². The van der Waals surface area contributed by atoms with Crippen LogP contribution < -0.4 is 0 Å². The molecular formula is C38H48N2O6. The van der Waals surface area contributed by atoms with Crippen LogP contribution in [0, 0.1) is 29.6 Å². The number of cyclic esters (lactones) is 2. The molecule has 2 heterocycles. The molecule has 8 heteroatoms. The molecule has 0 spiro atoms. The lowest BCUT2D eigenvalue weighted by Gasteiger charge is -2.34. The fourth-order valence-electron chi connectivity index (χ4n) is 7.56. The number of hydrogen-bond acceptors (Lipinski definition) is 6. The van der Waals surface area contributed by atoms with Gasteiger partial charge in [0.05, 0.1) is 12.1 Å². The summed E-state index contributed by atoms with van der Waals surface area (Å²) in [4.78, 5) is 52.8. The molecule has 2 aromatic carbocycles. The highest BCUT2D eigenvalue weighted by Crippen LogP contribution is 2.36. The first-order valence-electron chi connectivity index (χ1n) is 16.9. The van der Waals surface area contributed by atoms with Crippen molar-refractivity contribution in [3.63, 3.8) is 0 Å². The van der Waals surface area contributed by atoms with Crippen LogP contribution in [-0.4, -0.2) is 59.1 Å². The van der Waals surface area contributed by atoms with E-state index >= 15 is 0 Å². The van der Waals surface area contributed by atoms with Crippen molar-refractivity contribution in [1.82, 2.24) is 9.80 Å². The summed E-state index contributed by atoms with van der Waals surface area (Å²) in [6, 6.07) is 19.5. The van der Waals surface area contributed by atoms with Crippen molar-refractivity contribution in [1.29, 1.82) is 0 Å². The highest BCUT2D eigenvalue weighted by molar-refractivity contribution is 5.95. The van der Waals surface area contributed by atoms with Gasteiger partial charge in [-0.05, 0) is 80.8 Å². The highest BCUT2D eigenvalue weighted by atomic mass is 16.6. The van der Waals surface area contributed by atoms with Gasteiger partial charge in [0.25, 0.3) is 0 Å². The van der Waals surface area contributed by atoms with Crippen molar-refractivity contribution < 1.29 is 28.7 Å². The van der Waals surface area contributed by atoms with Crippen molar-refractivity contribution in [2.45, 2.75) is 84.7 Å². The van der Waals surface area contributed by atoms with Crippen LogP contribution in [0.1, 0.15) is 70.9 Å². The lowest BCUT2D eigenvalue weighted by atomic mass is 9.75. The lowest BCUT2D eigenvalue weighted by Crippen LogP contribution is -2.46. The smallest absolute Gasteiger partial charge is 0.416 e. The summed E-state index contributed by atoms with van der Waals surface area (Å²) in [6.45, 7) is 9.14. The molecule has 1 saturated carbocycles. The van der Waals surface area contributed by atoms with Crippen LogP contribution in [-0.2, 0) is 31.9 Å². The van der Waals surface area contributed by atoms with Crippen LogP contribution in [0.2, 0.25) is 0 Å². The monoisotopic (exact) mass is 628 g/mol. The number of carbonyl (C=O) groups is 4. The normalized spacial score (nSPS) is 29.3. The van der Waals surface area contributed by atoms with E-state index in [1.165, 1.54) is 15.4 Å². The van der Waals surface area contributed by atoms with E-state index in [9.17, 15) is 19.2 Å². The molecule has 4 amide bonds. The molecule has 4 aliphatic rings. The number of hydrogen-bond donors (Lipinski definition) is 0. The van der Waals surface area contributed by atoms with Crippen LogP contribution in [0.5, 0.6) is 0 Å². The molecule has 0 aromatic heterocycles. The topological polar surface area (TPSA) is 93.2 Å². The van der Waals surface area contributed by atoms with Gasteiger partial charge in [0.15, 0.2) is 0 Å². The second-order valence-corrected chi connectivity index (χ2v) is 13.8. The summed E-state index contributed by atoms with van der Waals surface area (Å²) in [6.07, 6.45) is 7.10. The predicted molar refractivity (Wildman–Crippen MR) is 176 cm³/mol. The van der Waals surface area contributed by atoms with Crippen molar-refractivity contribution in [3.8, 4) is 0 Å². The predicted octanol–water partition coefficient (Wildman–Crippen LogP) is 7.22. The molecule has 2 aliphatic heterocycles. The van der Waals surface area contributed by atoms with Crippen molar-refractivity contribution in [3.05, 3.63) is 83.4 Å². The Balaban J connectivity index is 0.000000181. The Morgan fingerprint density at radius 2 is 1.22 bits per heavy atom. The summed E-state index contributed by atoms with van der Waals surface area (Å²) in [7, 11) is 0. The zero-order valence-corrected chi connectivity index (χ0v) is 27.6. The Bertz CT molecular complexity index is 1410. The van der Waals surface area contributed by atoms with E-state index in [4.69, 9.17) is 9.47 Å². The van der Waals surface area contributed by atoms with E-state index in [-0.39, 0.29) is 48.3 Å². The lowest BCUT2D eigenvalue weighted by molar-refractivity contribution is -0.137. The molecule has 2 aromatic rings. The summed E-state index contributed by atoms with van der Waals surface area (Å²) in [5, 5.41) is 0. The Kier molecular flexibility index (Phi) is 11.0. The SMILES string of the molecule is CC1=CC[C@H](C(=O)N2C(=O)OC[C@@H]2Cc2ccccc2)[C@@H](C)C1.C[C@H]1CC[C@H](C(=O)N2C(=O)OC[C@@H]2Cc2ccccc2)[C@@H](C)C1. The fraction of sp³-hybridized carbons (Fsp3) is 0.526. The minimum Gasteiger partial charge on any atom is -0.447 e. The third kappa shape index (κ3) is 7.88. The van der Waals surface area contributed by atoms with E-state index in [1.807, 2.05) is 60.7 Å². The van der Waals surface area contributed by atoms with Crippen LogP contribution in [0.25, 0.3) is 0 Å². The summed E-state index contributed by atoms with van der Waals surface area (Å²) in [5.41, 5.74) is 3.56. The van der Waals surface area contributed by atoms with Gasteiger partial charge >= 0.3 is 12.2 Å². The first-order chi connectivity index (χ1) is 22.1. The molecule has 0 radical (unpaired) electrons. The number of ether oxygens (including phenoxy) is 2. The standard InChI is InChI=1S/C19H25NO3.C19H23NO3/c2*1-13-8-9-17(14(2)10-13)18(21)20-16(12-23-19(20)22)11-15-6-4-3-5-7-15/h3-7,13-14,16-17H,8-12H2,1-2H3;3-8,14,16-17H,9-12H2,1-2H3/t13-,14-,16-,17-;14-,16-,17-/m00/s1. The Morgan fingerprint density at radius 1 is 0.717 bits per heavy atom. The van der Waals surface area contributed by atoms with E-state index < -0.39 is 12.2 Å². The van der Waals surface area contributed by atoms with Gasteiger partial charge in [-0.2, -0.15) is 0 Å². The highest BCUT2D eigenvalue weighted by Gasteiger charge is 2.44. The van der Waals surface area contributed by atoms with Crippen molar-refractivity contribution >= 4 is 24.0 Å². The summed E-state index contributed by atoms with van der Waals surface area (Å²) in [5.74, 6) is 0.977. The van der Waals surface area contributed by atoms with Crippen LogP contribution in [0.4, 0.5) is 9.59 Å². The molecule has 0 N–H and O–H groups in total. The first-order valence-corrected chi connectivity index (χ1v) is 16.9. The molecule has 0 unspecified atom stereocenters. The van der Waals surface area contributed by atoms with E-state index in [2.05, 4.69) is 33.8 Å². The van der Waals surface area contributed by atoms with Crippen molar-refractivity contribution in [2.75, 3.05) is 13.2 Å². The van der Waals surface area contributed by atoms with E-state index in [0.29, 0.717) is 37.7 Å². The third-order valence-electron chi connectivity index (χ3n) is 10.1. The summed E-state index contributed by atoms with van der Waals surface area (Å²) >= 11 is 0. The van der Waals surface area contributed by atoms with Gasteiger partial charge in [0.1, 0.15) is 13.2 Å². The summed E-state index contributed by atoms with van der Waals surface area (Å²) < 4.78 is 10.4. The second-order valence-electron chi connectivity index (χ2n) is 13.8. The minimum atomic E-state index is -0.491. The molecule has 3 fully saturated rings. The average Bonchev–Trinajstić information content (AvgIpc) is 3.58. The number of rotatable bonds is 6. The molecule has 246 valence electrons. The Hall–Kier alpha value is -3.94. The van der Waals surface area contributed by atoms with Gasteiger partial charge in [-0.25, -0.2) is 19.4 Å². The molecule has 7 atom stereocenters. The quantitative estimate of drug-likeness (QED) is 0.314. The van der Waals surface area contributed by atoms with Gasteiger partial charge in [-0.1, -0.05) is 93.1 Å². The molecule has 0 bridgehead atoms. The van der Waals surface area contributed by atoms with Gasteiger partial charge in [-0.15, -0.1) is 0 Å². The zero-order valence-electron chi connectivity index (χ0n) is 27.6.